The van der Waals surface area contributed by atoms with Crippen molar-refractivity contribution >= 4 is 16.7 Å². The van der Waals surface area contributed by atoms with Gasteiger partial charge >= 0.3 is 0 Å². The Morgan fingerprint density at radius 3 is 2.89 bits per heavy atom. The Morgan fingerprint density at radius 1 is 1.44 bits per heavy atom. The molecular weight excluding hydrogens is 233 g/mol. The van der Waals surface area contributed by atoms with Crippen LogP contribution in [0.5, 0.6) is 0 Å². The molecule has 0 radical (unpaired) electrons. The van der Waals surface area contributed by atoms with E-state index in [-0.39, 0.29) is 5.70 Å². The zero-order valence-corrected chi connectivity index (χ0v) is 9.81. The number of hydrogen-bond acceptors (Lipinski definition) is 4. The smallest absolute Gasteiger partial charge is 0.174 e. The summed E-state index contributed by atoms with van der Waals surface area (Å²) in [6, 6.07) is 0. The van der Waals surface area contributed by atoms with Gasteiger partial charge in [-0.2, -0.15) is 5.10 Å². The molecule has 0 fully saturated rings. The van der Waals surface area contributed by atoms with E-state index in [1.54, 1.807) is 19.3 Å². The number of fused-ring (bicyclic) bond motifs is 1. The van der Waals surface area contributed by atoms with Crippen molar-refractivity contribution in [3.8, 4) is 0 Å². The summed E-state index contributed by atoms with van der Waals surface area (Å²) in [7, 11) is 0. The number of aromatic nitrogens is 4. The molecule has 0 amide bonds. The van der Waals surface area contributed by atoms with Gasteiger partial charge in [-0.25, -0.2) is 14.4 Å². The van der Waals surface area contributed by atoms with Gasteiger partial charge in [-0.3, -0.25) is 5.10 Å². The van der Waals surface area contributed by atoms with Crippen molar-refractivity contribution < 1.29 is 4.39 Å². The molecule has 0 unspecified atom stereocenters. The van der Waals surface area contributed by atoms with Crippen LogP contribution >= 0.6 is 0 Å². The molecule has 5 nitrogen and oxygen atoms in total. The summed E-state index contributed by atoms with van der Waals surface area (Å²) in [5.74, 6) is -0.498. The molecule has 0 aliphatic carbocycles. The molecule has 0 aromatic carbocycles. The quantitative estimate of drug-likeness (QED) is 0.811. The number of nitrogens with zero attached hydrogens (tertiary/aromatic N) is 3. The first-order valence-electron chi connectivity index (χ1n) is 5.27. The molecule has 0 atom stereocenters. The van der Waals surface area contributed by atoms with Crippen molar-refractivity contribution in [3.05, 3.63) is 48.3 Å². The molecule has 0 aliphatic heterocycles. The van der Waals surface area contributed by atoms with Gasteiger partial charge in [-0.15, -0.1) is 0 Å². The monoisotopic (exact) mass is 245 g/mol. The van der Waals surface area contributed by atoms with Gasteiger partial charge in [0.2, 0.25) is 0 Å². The molecule has 92 valence electrons. The van der Waals surface area contributed by atoms with Crippen molar-refractivity contribution in [2.75, 3.05) is 0 Å². The Bertz CT molecular complexity index is 653. The van der Waals surface area contributed by atoms with E-state index in [2.05, 4.69) is 26.7 Å². The molecule has 2 heterocycles. The lowest BCUT2D eigenvalue weighted by atomic mass is 10.1. The summed E-state index contributed by atoms with van der Waals surface area (Å²) in [6.07, 6.45) is 5.80. The van der Waals surface area contributed by atoms with Crippen LogP contribution in [0.25, 0.3) is 16.7 Å². The van der Waals surface area contributed by atoms with Crippen LogP contribution in [-0.2, 0) is 0 Å². The fourth-order valence-electron chi connectivity index (χ4n) is 1.47. The Balaban J connectivity index is 2.41. The first kappa shape index (κ1) is 12.0. The number of hydrogen-bond donors (Lipinski definition) is 2. The van der Waals surface area contributed by atoms with E-state index >= 15 is 0 Å². The van der Waals surface area contributed by atoms with Gasteiger partial charge in [0.15, 0.2) is 5.65 Å². The van der Waals surface area contributed by atoms with E-state index in [9.17, 15) is 4.39 Å². The molecule has 0 saturated heterocycles. The molecule has 2 aromatic heterocycles. The van der Waals surface area contributed by atoms with Crippen molar-refractivity contribution in [1.82, 2.24) is 20.2 Å². The predicted molar refractivity (Wildman–Crippen MR) is 67.9 cm³/mol. The molecule has 18 heavy (non-hydrogen) atoms. The lowest BCUT2D eigenvalue weighted by molar-refractivity contribution is 0.646. The summed E-state index contributed by atoms with van der Waals surface area (Å²) in [5, 5.41) is 6.76. The summed E-state index contributed by atoms with van der Waals surface area (Å²) in [6.45, 7) is 5.37. The lowest BCUT2D eigenvalue weighted by Crippen LogP contribution is -1.98. The second kappa shape index (κ2) is 4.79. The molecule has 0 spiro atoms. The average Bonchev–Trinajstić information content (AvgIpc) is 2.81. The normalized spacial score (nSPS) is 13.0. The van der Waals surface area contributed by atoms with Crippen LogP contribution < -0.4 is 5.73 Å². The fraction of sp³-hybridized carbons (Fsp3) is 0.0833. The maximum atomic E-state index is 13.2. The van der Waals surface area contributed by atoms with Crippen molar-refractivity contribution in [2.45, 2.75) is 6.92 Å². The zero-order valence-electron chi connectivity index (χ0n) is 9.81. The molecule has 0 saturated carbocycles. The Kier molecular flexibility index (Phi) is 3.18. The van der Waals surface area contributed by atoms with Gasteiger partial charge in [0.1, 0.15) is 17.0 Å². The minimum Gasteiger partial charge on any atom is -0.396 e. The largest absolute Gasteiger partial charge is 0.396 e. The van der Waals surface area contributed by atoms with Gasteiger partial charge in [-0.1, -0.05) is 6.58 Å². The van der Waals surface area contributed by atoms with Gasteiger partial charge in [0.25, 0.3) is 0 Å². The minimum atomic E-state index is -0.498. The number of nitrogens with one attached hydrogen (secondary N) is 1. The maximum Gasteiger partial charge on any atom is 0.174 e. The Hall–Kier alpha value is -2.50. The third-order valence-electron chi connectivity index (χ3n) is 2.36. The van der Waals surface area contributed by atoms with Crippen LogP contribution in [0.15, 0.2) is 42.6 Å². The van der Waals surface area contributed by atoms with Crippen LogP contribution in [0.1, 0.15) is 12.6 Å². The van der Waals surface area contributed by atoms with Crippen LogP contribution in [0.2, 0.25) is 0 Å². The molecular formula is C12H12FN5. The minimum absolute atomic E-state index is 0.00235. The van der Waals surface area contributed by atoms with Gasteiger partial charge in [0.05, 0.1) is 5.70 Å². The molecule has 0 bridgehead atoms. The Labute approximate surface area is 103 Å². The number of nitrogens with two attached hydrogens (primary N) is 1. The Morgan fingerprint density at radius 2 is 2.17 bits per heavy atom. The summed E-state index contributed by atoms with van der Waals surface area (Å²) in [5.41, 5.74) is 7.66. The van der Waals surface area contributed by atoms with Crippen LogP contribution in [0, 0.1) is 0 Å². The van der Waals surface area contributed by atoms with Gasteiger partial charge in [-0.05, 0) is 24.6 Å². The van der Waals surface area contributed by atoms with E-state index in [1.165, 1.54) is 12.2 Å². The molecule has 2 rings (SSSR count). The third kappa shape index (κ3) is 2.13. The van der Waals surface area contributed by atoms with E-state index in [0.717, 1.165) is 0 Å². The molecule has 6 heteroatoms. The SMILES string of the molecule is C=C(/C=C(N)\C(F)=C/C)c1n[nH]c2nccnc12. The number of H-pyrrole nitrogens is 1. The predicted octanol–water partition coefficient (Wildman–Crippen LogP) is 2.08. The highest BCUT2D eigenvalue weighted by Gasteiger charge is 2.10. The number of allylic oxidation sites excluding steroid dienone is 4. The van der Waals surface area contributed by atoms with Gasteiger partial charge < -0.3 is 5.73 Å². The van der Waals surface area contributed by atoms with E-state index in [4.69, 9.17) is 5.73 Å². The van der Waals surface area contributed by atoms with Crippen LogP contribution in [0.3, 0.4) is 0 Å². The van der Waals surface area contributed by atoms with Crippen molar-refractivity contribution in [3.63, 3.8) is 0 Å². The summed E-state index contributed by atoms with van der Waals surface area (Å²) in [4.78, 5) is 8.19. The van der Waals surface area contributed by atoms with E-state index in [0.29, 0.717) is 22.4 Å². The maximum absolute atomic E-state index is 13.2. The third-order valence-corrected chi connectivity index (χ3v) is 2.36. The summed E-state index contributed by atoms with van der Waals surface area (Å²) >= 11 is 0. The highest BCUT2D eigenvalue weighted by molar-refractivity contribution is 5.87. The van der Waals surface area contributed by atoms with Crippen LogP contribution in [-0.4, -0.2) is 20.2 Å². The summed E-state index contributed by atoms with van der Waals surface area (Å²) < 4.78 is 13.2. The zero-order chi connectivity index (χ0) is 13.1. The molecule has 3 N–H and O–H groups in total. The second-order valence-corrected chi connectivity index (χ2v) is 3.59. The lowest BCUT2D eigenvalue weighted by Gasteiger charge is -1.99. The fourth-order valence-corrected chi connectivity index (χ4v) is 1.47. The molecule has 2 aromatic rings. The molecule has 0 aliphatic rings. The van der Waals surface area contributed by atoms with Crippen molar-refractivity contribution in [1.29, 1.82) is 0 Å². The standard InChI is InChI=1S/C12H12FN5/c1-3-8(13)9(14)6-7(2)10-11-12(18-17-10)16-5-4-15-11/h3-6H,2,14H2,1H3,(H,16,17,18)/b8-3+,9-6+. The highest BCUT2D eigenvalue weighted by atomic mass is 19.1. The van der Waals surface area contributed by atoms with Crippen LogP contribution in [0.4, 0.5) is 4.39 Å². The number of rotatable bonds is 3. The average molecular weight is 245 g/mol. The topological polar surface area (TPSA) is 80.5 Å². The highest BCUT2D eigenvalue weighted by Crippen LogP contribution is 2.20. The van der Waals surface area contributed by atoms with E-state index < -0.39 is 5.83 Å². The first-order chi connectivity index (χ1) is 8.63. The number of halogens is 1. The second-order valence-electron chi connectivity index (χ2n) is 3.59. The number of aromatic amines is 1. The first-order valence-corrected chi connectivity index (χ1v) is 5.27. The van der Waals surface area contributed by atoms with E-state index in [1.807, 2.05) is 0 Å². The van der Waals surface area contributed by atoms with Gasteiger partial charge in [0, 0.05) is 12.4 Å². The van der Waals surface area contributed by atoms with Crippen molar-refractivity contribution in [2.24, 2.45) is 5.73 Å².